The van der Waals surface area contributed by atoms with Crippen LogP contribution in [0.2, 0.25) is 0 Å². The molecule has 2 N–H and O–H groups in total. The molecule has 0 aliphatic heterocycles. The van der Waals surface area contributed by atoms with Crippen LogP contribution in [0.25, 0.3) is 10.4 Å². The van der Waals surface area contributed by atoms with Gasteiger partial charge < -0.3 is 10.6 Å². The van der Waals surface area contributed by atoms with E-state index < -0.39 is 5.91 Å². The smallest absolute Gasteiger partial charge is 0.274 e. The molecule has 1 aromatic heterocycles. The summed E-state index contributed by atoms with van der Waals surface area (Å²) < 4.78 is 0. The number of carbonyl (C=O) groups excluding carboxylic acids is 2. The maximum Gasteiger partial charge on any atom is 0.274 e. The number of benzene rings is 1. The van der Waals surface area contributed by atoms with Crippen molar-refractivity contribution in [2.45, 2.75) is 44.6 Å². The number of aromatic nitrogens is 1. The van der Waals surface area contributed by atoms with Crippen LogP contribution in [-0.2, 0) is 4.79 Å². The van der Waals surface area contributed by atoms with Gasteiger partial charge in [-0.05, 0) is 38.2 Å². The lowest BCUT2D eigenvalue weighted by molar-refractivity contribution is -0.118. The van der Waals surface area contributed by atoms with Crippen LogP contribution in [0, 0.1) is 6.92 Å². The number of carbonyl (C=O) groups is 2. The van der Waals surface area contributed by atoms with Gasteiger partial charge in [0.15, 0.2) is 0 Å². The lowest BCUT2D eigenvalue weighted by Crippen LogP contribution is -2.40. The van der Waals surface area contributed by atoms with E-state index in [1.807, 2.05) is 25.1 Å². The van der Waals surface area contributed by atoms with Crippen molar-refractivity contribution in [3.63, 3.8) is 0 Å². The van der Waals surface area contributed by atoms with Crippen LogP contribution in [0.1, 0.15) is 52.7 Å². The number of hydrogen-bond donors (Lipinski definition) is 1. The van der Waals surface area contributed by atoms with Crippen LogP contribution >= 0.6 is 11.3 Å². The largest absolute Gasteiger partial charge is 0.368 e. The second-order valence-electron chi connectivity index (χ2n) is 7.00. The molecule has 2 fully saturated rings. The zero-order chi connectivity index (χ0) is 17.6. The summed E-state index contributed by atoms with van der Waals surface area (Å²) in [6.45, 7) is 2.00. The molecule has 0 unspecified atom stereocenters. The summed E-state index contributed by atoms with van der Waals surface area (Å²) in [5.41, 5.74) is 8.00. The molecule has 1 aromatic carbocycles. The Labute approximate surface area is 150 Å². The average molecular weight is 355 g/mol. The number of amides is 2. The number of aryl methyl sites for hydroxylation is 1. The predicted octanol–water partition coefficient (Wildman–Crippen LogP) is 3.09. The minimum absolute atomic E-state index is 0.0347. The third-order valence-corrected chi connectivity index (χ3v) is 5.89. The number of nitrogens with zero attached hydrogens (tertiary/aromatic N) is 2. The first-order valence-corrected chi connectivity index (χ1v) is 9.51. The predicted molar refractivity (Wildman–Crippen MR) is 97.5 cm³/mol. The molecule has 1 heterocycles. The van der Waals surface area contributed by atoms with Gasteiger partial charge in [-0.3, -0.25) is 9.59 Å². The number of primary amides is 1. The Morgan fingerprint density at radius 1 is 1.28 bits per heavy atom. The molecule has 2 aliphatic carbocycles. The Hall–Kier alpha value is -2.21. The molecule has 2 saturated carbocycles. The van der Waals surface area contributed by atoms with E-state index >= 15 is 0 Å². The highest BCUT2D eigenvalue weighted by atomic mass is 32.1. The second kappa shape index (κ2) is 6.26. The van der Waals surface area contributed by atoms with Crippen LogP contribution in [0.3, 0.4) is 0 Å². The van der Waals surface area contributed by atoms with E-state index in [0.29, 0.717) is 11.6 Å². The van der Waals surface area contributed by atoms with Gasteiger partial charge in [0.1, 0.15) is 5.69 Å². The molecule has 2 aliphatic rings. The van der Waals surface area contributed by atoms with Gasteiger partial charge in [0, 0.05) is 12.0 Å². The Morgan fingerprint density at radius 2 is 2.04 bits per heavy atom. The van der Waals surface area contributed by atoms with E-state index in [0.717, 1.165) is 46.7 Å². The third kappa shape index (κ3) is 3.44. The topological polar surface area (TPSA) is 76.3 Å². The molecule has 6 heteroatoms. The van der Waals surface area contributed by atoms with Gasteiger partial charge in [-0.2, -0.15) is 0 Å². The van der Waals surface area contributed by atoms with Crippen molar-refractivity contribution in [1.29, 1.82) is 0 Å². The van der Waals surface area contributed by atoms with Crippen LogP contribution in [0.4, 0.5) is 0 Å². The molecule has 25 heavy (non-hydrogen) atoms. The molecule has 0 spiro atoms. The molecule has 0 saturated heterocycles. The van der Waals surface area contributed by atoms with Gasteiger partial charge in [0.25, 0.3) is 5.91 Å². The van der Waals surface area contributed by atoms with Crippen LogP contribution in [0.15, 0.2) is 24.3 Å². The first-order valence-electron chi connectivity index (χ1n) is 8.70. The average Bonchev–Trinajstić information content (AvgIpc) is 3.49. The second-order valence-corrected chi connectivity index (χ2v) is 8.03. The fourth-order valence-electron chi connectivity index (χ4n) is 3.03. The molecule has 0 atom stereocenters. The van der Waals surface area contributed by atoms with Crippen LogP contribution in [-0.4, -0.2) is 34.3 Å². The first-order chi connectivity index (χ1) is 12.0. The number of hydrogen-bond acceptors (Lipinski definition) is 4. The van der Waals surface area contributed by atoms with Crippen LogP contribution < -0.4 is 5.73 Å². The summed E-state index contributed by atoms with van der Waals surface area (Å²) in [6, 6.07) is 8.26. The minimum atomic E-state index is -0.477. The summed E-state index contributed by atoms with van der Waals surface area (Å²) >= 11 is 1.61. The summed E-state index contributed by atoms with van der Waals surface area (Å²) in [7, 11) is 0. The van der Waals surface area contributed by atoms with Gasteiger partial charge in [-0.25, -0.2) is 4.98 Å². The van der Waals surface area contributed by atoms with Crippen molar-refractivity contribution in [3.8, 4) is 10.4 Å². The fraction of sp³-hybridized carbons (Fsp3) is 0.421. The maximum atomic E-state index is 13.2. The summed E-state index contributed by atoms with van der Waals surface area (Å²) in [5.74, 6) is -0.156. The van der Waals surface area contributed by atoms with E-state index in [-0.39, 0.29) is 18.5 Å². The highest BCUT2D eigenvalue weighted by Gasteiger charge is 2.37. The molecule has 130 valence electrons. The van der Waals surface area contributed by atoms with Gasteiger partial charge in [0.05, 0.1) is 16.4 Å². The number of thiazole rings is 1. The van der Waals surface area contributed by atoms with Crippen molar-refractivity contribution < 1.29 is 9.59 Å². The first kappa shape index (κ1) is 16.3. The highest BCUT2D eigenvalue weighted by Crippen LogP contribution is 2.45. The molecule has 5 nitrogen and oxygen atoms in total. The minimum Gasteiger partial charge on any atom is -0.368 e. The Bertz CT molecular complexity index is 837. The van der Waals surface area contributed by atoms with Crippen molar-refractivity contribution >= 4 is 23.2 Å². The van der Waals surface area contributed by atoms with E-state index in [1.54, 1.807) is 16.2 Å². The van der Waals surface area contributed by atoms with Crippen molar-refractivity contribution in [1.82, 2.24) is 9.88 Å². The normalized spacial score (nSPS) is 16.7. The van der Waals surface area contributed by atoms with Crippen molar-refractivity contribution in [2.24, 2.45) is 5.73 Å². The van der Waals surface area contributed by atoms with Crippen molar-refractivity contribution in [3.05, 3.63) is 40.5 Å². The lowest BCUT2D eigenvalue weighted by Gasteiger charge is -2.20. The molecular formula is C19H21N3O2S. The van der Waals surface area contributed by atoms with E-state index in [2.05, 4.69) is 6.07 Å². The summed E-state index contributed by atoms with van der Waals surface area (Å²) in [6.07, 6.45) is 4.14. The monoisotopic (exact) mass is 355 g/mol. The van der Waals surface area contributed by atoms with E-state index in [9.17, 15) is 9.59 Å². The van der Waals surface area contributed by atoms with Gasteiger partial charge in [0.2, 0.25) is 5.91 Å². The van der Waals surface area contributed by atoms with Gasteiger partial charge in [-0.15, -0.1) is 11.3 Å². The highest BCUT2D eigenvalue weighted by molar-refractivity contribution is 7.15. The Morgan fingerprint density at radius 3 is 2.64 bits per heavy atom. The van der Waals surface area contributed by atoms with E-state index in [1.165, 1.54) is 0 Å². The SMILES string of the molecule is Cc1cccc(-c2sc(C3CC3)nc2C(=O)N(CC(N)=O)C2CC2)c1. The van der Waals surface area contributed by atoms with Crippen molar-refractivity contribution in [2.75, 3.05) is 6.54 Å². The van der Waals surface area contributed by atoms with E-state index in [4.69, 9.17) is 10.7 Å². The standard InChI is InChI=1S/C19H21N3O2S/c1-11-3-2-4-13(9-11)17-16(21-18(25-17)12-5-6-12)19(24)22(10-15(20)23)14-7-8-14/h2-4,9,12,14H,5-8,10H2,1H3,(H2,20,23). The maximum absolute atomic E-state index is 13.2. The zero-order valence-electron chi connectivity index (χ0n) is 14.2. The summed E-state index contributed by atoms with van der Waals surface area (Å²) in [5, 5.41) is 1.04. The number of rotatable bonds is 6. The third-order valence-electron chi connectivity index (χ3n) is 4.63. The fourth-order valence-corrected chi connectivity index (χ4v) is 4.25. The Kier molecular flexibility index (Phi) is 4.07. The quantitative estimate of drug-likeness (QED) is 0.865. The molecular weight excluding hydrogens is 334 g/mol. The number of nitrogens with two attached hydrogens (primary N) is 1. The zero-order valence-corrected chi connectivity index (χ0v) is 15.0. The van der Waals surface area contributed by atoms with Crippen LogP contribution in [0.5, 0.6) is 0 Å². The molecule has 0 radical (unpaired) electrons. The molecule has 0 bridgehead atoms. The Balaban J connectivity index is 1.74. The van der Waals surface area contributed by atoms with Gasteiger partial charge in [-0.1, -0.05) is 29.8 Å². The summed E-state index contributed by atoms with van der Waals surface area (Å²) in [4.78, 5) is 31.8. The molecule has 2 amide bonds. The molecule has 4 rings (SSSR count). The lowest BCUT2D eigenvalue weighted by atomic mass is 10.1. The van der Waals surface area contributed by atoms with Gasteiger partial charge >= 0.3 is 0 Å². The molecule has 2 aromatic rings.